The molecule has 16 heavy (non-hydrogen) atoms. The number of carboxylic acid groups (broad SMARTS) is 1. The lowest BCUT2D eigenvalue weighted by atomic mass is 9.62. The first-order valence-corrected chi connectivity index (χ1v) is 5.11. The van der Waals surface area contributed by atoms with Gasteiger partial charge in [-0.25, -0.2) is 8.78 Å². The first kappa shape index (κ1) is 11.3. The molecule has 1 aromatic carbocycles. The molecule has 1 fully saturated rings. The second-order valence-electron chi connectivity index (χ2n) is 4.10. The molecule has 0 bridgehead atoms. The van der Waals surface area contributed by atoms with E-state index >= 15 is 0 Å². The maximum atomic E-state index is 12.9. The number of carboxylic acids is 1. The molecular weight excluding hydrogens is 238 g/mol. The summed E-state index contributed by atoms with van der Waals surface area (Å²) in [6.07, 6.45) is -1.28. The Morgan fingerprint density at radius 3 is 2.12 bits per heavy atom. The minimum Gasteiger partial charge on any atom is -0.481 e. The minimum absolute atomic E-state index is 0.385. The van der Waals surface area contributed by atoms with E-state index in [1.807, 2.05) is 0 Å². The Balaban J connectivity index is 2.36. The van der Waals surface area contributed by atoms with Crippen LogP contribution in [0.4, 0.5) is 8.78 Å². The summed E-state index contributed by atoms with van der Waals surface area (Å²) in [5.74, 6) is -4.08. The van der Waals surface area contributed by atoms with Crippen LogP contribution in [0.15, 0.2) is 24.3 Å². The van der Waals surface area contributed by atoms with E-state index in [1.165, 1.54) is 24.3 Å². The Morgan fingerprint density at radius 1 is 1.25 bits per heavy atom. The highest BCUT2D eigenvalue weighted by Crippen LogP contribution is 2.53. The van der Waals surface area contributed by atoms with Crippen molar-refractivity contribution in [1.29, 1.82) is 0 Å². The lowest BCUT2D eigenvalue weighted by molar-refractivity contribution is -0.174. The van der Waals surface area contributed by atoms with Crippen molar-refractivity contribution in [2.24, 2.45) is 0 Å². The summed E-state index contributed by atoms with van der Waals surface area (Å²) in [5, 5.41) is 9.53. The molecule has 0 radical (unpaired) electrons. The molecule has 0 saturated heterocycles. The molecule has 0 aliphatic heterocycles. The fourth-order valence-corrected chi connectivity index (χ4v) is 2.20. The Hall–Kier alpha value is -1.16. The molecule has 2 rings (SSSR count). The van der Waals surface area contributed by atoms with E-state index in [4.69, 9.17) is 16.7 Å². The molecule has 86 valence electrons. The van der Waals surface area contributed by atoms with Gasteiger partial charge in [-0.15, -0.1) is 0 Å². The highest BCUT2D eigenvalue weighted by Gasteiger charge is 2.62. The Morgan fingerprint density at radius 2 is 1.75 bits per heavy atom. The van der Waals surface area contributed by atoms with Gasteiger partial charge in [-0.1, -0.05) is 23.7 Å². The predicted molar refractivity (Wildman–Crippen MR) is 54.9 cm³/mol. The van der Waals surface area contributed by atoms with Crippen molar-refractivity contribution in [3.05, 3.63) is 34.9 Å². The molecule has 5 heteroatoms. The molecule has 0 spiro atoms. The van der Waals surface area contributed by atoms with E-state index < -0.39 is 30.1 Å². The minimum atomic E-state index is -2.88. The van der Waals surface area contributed by atoms with Crippen molar-refractivity contribution in [3.8, 4) is 0 Å². The number of benzene rings is 1. The fraction of sp³-hybridized carbons (Fsp3) is 0.364. The first-order valence-electron chi connectivity index (χ1n) is 4.73. The molecule has 0 amide bonds. The van der Waals surface area contributed by atoms with Crippen LogP contribution in [0.3, 0.4) is 0 Å². The van der Waals surface area contributed by atoms with Gasteiger partial charge in [0.1, 0.15) is 5.41 Å². The predicted octanol–water partition coefficient (Wildman–Crippen LogP) is 3.09. The largest absolute Gasteiger partial charge is 0.481 e. The van der Waals surface area contributed by atoms with Gasteiger partial charge >= 0.3 is 5.97 Å². The number of carbonyl (C=O) groups is 1. The molecule has 0 unspecified atom stereocenters. The van der Waals surface area contributed by atoms with Gasteiger partial charge in [0.05, 0.1) is 0 Å². The summed E-state index contributed by atoms with van der Waals surface area (Å²) in [7, 11) is 0. The van der Waals surface area contributed by atoms with Crippen LogP contribution in [0.5, 0.6) is 0 Å². The molecule has 0 aromatic heterocycles. The van der Waals surface area contributed by atoms with Crippen molar-refractivity contribution in [1.82, 2.24) is 0 Å². The van der Waals surface area contributed by atoms with Gasteiger partial charge in [-0.2, -0.15) is 0 Å². The van der Waals surface area contributed by atoms with Crippen LogP contribution in [-0.4, -0.2) is 17.0 Å². The van der Waals surface area contributed by atoms with Gasteiger partial charge < -0.3 is 5.11 Å². The summed E-state index contributed by atoms with van der Waals surface area (Å²) in [4.78, 5) is 11.1. The highest BCUT2D eigenvalue weighted by molar-refractivity contribution is 6.30. The highest BCUT2D eigenvalue weighted by atomic mass is 35.5. The van der Waals surface area contributed by atoms with Gasteiger partial charge in [-0.05, 0) is 17.7 Å². The normalized spacial score (nSPS) is 21.2. The molecule has 1 aliphatic rings. The number of rotatable bonds is 2. The van der Waals surface area contributed by atoms with Crippen molar-refractivity contribution in [2.75, 3.05) is 0 Å². The smallest absolute Gasteiger partial charge is 0.314 e. The third-order valence-electron chi connectivity index (χ3n) is 2.93. The molecule has 1 aliphatic carbocycles. The third-order valence-corrected chi connectivity index (χ3v) is 3.18. The fourth-order valence-electron chi connectivity index (χ4n) is 2.08. The van der Waals surface area contributed by atoms with Crippen LogP contribution in [-0.2, 0) is 10.2 Å². The van der Waals surface area contributed by atoms with Gasteiger partial charge in [0.15, 0.2) is 0 Å². The van der Waals surface area contributed by atoms with Gasteiger partial charge in [0.25, 0.3) is 5.92 Å². The summed E-state index contributed by atoms with van der Waals surface area (Å²) in [6, 6.07) is 6.01. The summed E-state index contributed by atoms with van der Waals surface area (Å²) in [5.41, 5.74) is -1.07. The van der Waals surface area contributed by atoms with Crippen molar-refractivity contribution < 1.29 is 18.7 Å². The SMILES string of the molecule is O=C(O)C1(c2ccc(Cl)cc2)CC(F)(F)C1. The number of hydrogen-bond donors (Lipinski definition) is 1. The monoisotopic (exact) mass is 246 g/mol. The zero-order chi connectivity index (χ0) is 12.0. The molecule has 0 heterocycles. The van der Waals surface area contributed by atoms with E-state index in [0.29, 0.717) is 10.6 Å². The van der Waals surface area contributed by atoms with Gasteiger partial charge in [0.2, 0.25) is 0 Å². The van der Waals surface area contributed by atoms with E-state index in [9.17, 15) is 13.6 Å². The lowest BCUT2D eigenvalue weighted by Crippen LogP contribution is -2.54. The van der Waals surface area contributed by atoms with Crippen LogP contribution in [0, 0.1) is 0 Å². The summed E-state index contributed by atoms with van der Waals surface area (Å²) >= 11 is 5.66. The number of hydrogen-bond acceptors (Lipinski definition) is 1. The molecular formula is C11H9ClF2O2. The Labute approximate surface area is 95.8 Å². The second-order valence-corrected chi connectivity index (χ2v) is 4.54. The number of aliphatic carboxylic acids is 1. The summed E-state index contributed by atoms with van der Waals surface area (Å²) in [6.45, 7) is 0. The first-order chi connectivity index (χ1) is 7.36. The zero-order valence-electron chi connectivity index (χ0n) is 8.21. The molecule has 2 nitrogen and oxygen atoms in total. The van der Waals surface area contributed by atoms with Crippen LogP contribution in [0.1, 0.15) is 18.4 Å². The van der Waals surface area contributed by atoms with Crippen LogP contribution in [0.25, 0.3) is 0 Å². The maximum Gasteiger partial charge on any atom is 0.314 e. The van der Waals surface area contributed by atoms with Crippen LogP contribution >= 0.6 is 11.6 Å². The lowest BCUT2D eigenvalue weighted by Gasteiger charge is -2.44. The molecule has 1 N–H and O–H groups in total. The maximum absolute atomic E-state index is 12.9. The Kier molecular flexibility index (Phi) is 2.42. The molecule has 1 saturated carbocycles. The van der Waals surface area contributed by atoms with Crippen molar-refractivity contribution >= 4 is 17.6 Å². The second kappa shape index (κ2) is 3.42. The number of alkyl halides is 2. The topological polar surface area (TPSA) is 37.3 Å². The van der Waals surface area contributed by atoms with E-state index in [-0.39, 0.29) is 0 Å². The van der Waals surface area contributed by atoms with E-state index in [0.717, 1.165) is 0 Å². The Bertz CT molecular complexity index is 420. The average molecular weight is 247 g/mol. The van der Waals surface area contributed by atoms with Gasteiger partial charge in [0, 0.05) is 17.9 Å². The van der Waals surface area contributed by atoms with Crippen molar-refractivity contribution in [3.63, 3.8) is 0 Å². The van der Waals surface area contributed by atoms with Gasteiger partial charge in [-0.3, -0.25) is 4.79 Å². The number of halogens is 3. The standard InChI is InChI=1S/C11H9ClF2O2/c12-8-3-1-7(2-4-8)10(9(15)16)5-11(13,14)6-10/h1-4H,5-6H2,(H,15,16). The van der Waals surface area contributed by atoms with Crippen LogP contribution < -0.4 is 0 Å². The third kappa shape index (κ3) is 1.67. The zero-order valence-corrected chi connectivity index (χ0v) is 8.97. The average Bonchev–Trinajstić information content (AvgIpc) is 2.14. The van der Waals surface area contributed by atoms with E-state index in [1.54, 1.807) is 0 Å². The quantitative estimate of drug-likeness (QED) is 0.871. The van der Waals surface area contributed by atoms with E-state index in [2.05, 4.69) is 0 Å². The molecule has 1 aromatic rings. The molecule has 0 atom stereocenters. The van der Waals surface area contributed by atoms with Crippen molar-refractivity contribution in [2.45, 2.75) is 24.2 Å². The van der Waals surface area contributed by atoms with Crippen LogP contribution in [0.2, 0.25) is 5.02 Å². The summed E-state index contributed by atoms with van der Waals surface area (Å²) < 4.78 is 25.7.